The van der Waals surface area contributed by atoms with Gasteiger partial charge in [0.25, 0.3) is 0 Å². The highest BCUT2D eigenvalue weighted by Gasteiger charge is 2.31. The summed E-state index contributed by atoms with van der Waals surface area (Å²) in [4.78, 5) is 17.1. The highest BCUT2D eigenvalue weighted by atomic mass is 16.3. The second-order valence-electron chi connectivity index (χ2n) is 6.93. The minimum absolute atomic E-state index is 0.0159. The molecule has 0 unspecified atom stereocenters. The van der Waals surface area contributed by atoms with E-state index in [9.17, 15) is 4.79 Å². The number of aryl methyl sites for hydroxylation is 1. The molecule has 0 spiro atoms. The number of furan rings is 1. The van der Waals surface area contributed by atoms with Gasteiger partial charge >= 0.3 is 0 Å². The Morgan fingerprint density at radius 2 is 1.84 bits per heavy atom. The van der Waals surface area contributed by atoms with E-state index in [0.29, 0.717) is 12.8 Å². The van der Waals surface area contributed by atoms with E-state index in [1.807, 2.05) is 24.3 Å². The number of nitrogens with one attached hydrogen (secondary N) is 1. The monoisotopic (exact) mass is 339 g/mol. The van der Waals surface area contributed by atoms with Crippen LogP contribution in [0.3, 0.4) is 0 Å². The first-order valence-electron chi connectivity index (χ1n) is 9.19. The smallest absolute Gasteiger partial charge is 0.224 e. The summed E-state index contributed by atoms with van der Waals surface area (Å²) in [5, 5.41) is 2.96. The molecule has 5 nitrogen and oxygen atoms in total. The molecular weight excluding hydrogens is 314 g/mol. The number of benzene rings is 1. The number of anilines is 2. The number of rotatable bonds is 6. The number of nitrogens with zero attached hydrogens (tertiary/aromatic N) is 2. The molecule has 1 amide bonds. The average Bonchev–Trinajstić information content (AvgIpc) is 3.37. The van der Waals surface area contributed by atoms with Crippen LogP contribution in [0.1, 0.15) is 25.0 Å². The third-order valence-electron chi connectivity index (χ3n) is 5.07. The van der Waals surface area contributed by atoms with Crippen LogP contribution >= 0.6 is 0 Å². The number of amides is 1. The Hall–Kier alpha value is -2.27. The molecule has 1 aromatic carbocycles. The van der Waals surface area contributed by atoms with Crippen molar-refractivity contribution in [3.05, 3.63) is 48.4 Å². The maximum Gasteiger partial charge on any atom is 0.224 e. The second-order valence-corrected chi connectivity index (χ2v) is 6.93. The summed E-state index contributed by atoms with van der Waals surface area (Å²) in [5.41, 5.74) is 2.09. The van der Waals surface area contributed by atoms with Gasteiger partial charge in [0.1, 0.15) is 5.76 Å². The summed E-state index contributed by atoms with van der Waals surface area (Å²) < 4.78 is 5.25. The molecule has 2 aromatic rings. The second kappa shape index (κ2) is 7.31. The SMILES string of the molecule is O=C(CCc1ccco1)Nc1ccc(N2CCN(C3CC3)CC2)cc1. The average molecular weight is 339 g/mol. The Balaban J connectivity index is 1.26. The fourth-order valence-corrected chi connectivity index (χ4v) is 3.46. The van der Waals surface area contributed by atoms with E-state index in [4.69, 9.17) is 4.42 Å². The number of carbonyl (C=O) groups is 1. The number of hydrogen-bond acceptors (Lipinski definition) is 4. The summed E-state index contributed by atoms with van der Waals surface area (Å²) in [5.74, 6) is 0.859. The summed E-state index contributed by atoms with van der Waals surface area (Å²) in [6, 6.07) is 12.8. The molecule has 0 radical (unpaired) electrons. The molecule has 2 heterocycles. The van der Waals surface area contributed by atoms with Gasteiger partial charge in [0.05, 0.1) is 6.26 Å². The van der Waals surface area contributed by atoms with Gasteiger partial charge in [0.2, 0.25) is 5.91 Å². The molecule has 1 aromatic heterocycles. The molecule has 0 bridgehead atoms. The van der Waals surface area contributed by atoms with Crippen molar-refractivity contribution >= 4 is 17.3 Å². The fraction of sp³-hybridized carbons (Fsp3) is 0.450. The lowest BCUT2D eigenvalue weighted by Crippen LogP contribution is -2.47. The van der Waals surface area contributed by atoms with Crippen molar-refractivity contribution in [1.82, 2.24) is 4.90 Å². The van der Waals surface area contributed by atoms with Crippen LogP contribution in [0, 0.1) is 0 Å². The van der Waals surface area contributed by atoms with Gasteiger partial charge in [-0.1, -0.05) is 0 Å². The van der Waals surface area contributed by atoms with Crippen molar-refractivity contribution in [1.29, 1.82) is 0 Å². The lowest BCUT2D eigenvalue weighted by Gasteiger charge is -2.36. The molecule has 2 fully saturated rings. The van der Waals surface area contributed by atoms with Crippen LogP contribution in [-0.2, 0) is 11.2 Å². The van der Waals surface area contributed by atoms with E-state index in [2.05, 4.69) is 27.2 Å². The Bertz CT molecular complexity index is 684. The van der Waals surface area contributed by atoms with Crippen LogP contribution in [0.5, 0.6) is 0 Å². The molecule has 132 valence electrons. The third kappa shape index (κ3) is 4.23. The first-order chi connectivity index (χ1) is 12.3. The lowest BCUT2D eigenvalue weighted by atomic mass is 10.2. The first-order valence-corrected chi connectivity index (χ1v) is 9.19. The lowest BCUT2D eigenvalue weighted by molar-refractivity contribution is -0.116. The maximum atomic E-state index is 12.0. The van der Waals surface area contributed by atoms with Crippen molar-refractivity contribution in [2.75, 3.05) is 36.4 Å². The zero-order chi connectivity index (χ0) is 17.1. The van der Waals surface area contributed by atoms with Crippen LogP contribution < -0.4 is 10.2 Å². The van der Waals surface area contributed by atoms with Gasteiger partial charge in [-0.3, -0.25) is 9.69 Å². The van der Waals surface area contributed by atoms with Crippen LogP contribution in [0.15, 0.2) is 47.1 Å². The molecule has 1 aliphatic carbocycles. The van der Waals surface area contributed by atoms with Gasteiger partial charge in [-0.25, -0.2) is 0 Å². The molecule has 1 saturated heterocycles. The van der Waals surface area contributed by atoms with Crippen molar-refractivity contribution in [2.45, 2.75) is 31.7 Å². The molecule has 4 rings (SSSR count). The predicted molar refractivity (Wildman–Crippen MR) is 98.9 cm³/mol. The number of hydrogen-bond donors (Lipinski definition) is 1. The van der Waals surface area contributed by atoms with Crippen molar-refractivity contribution < 1.29 is 9.21 Å². The van der Waals surface area contributed by atoms with Crippen LogP contribution in [0.25, 0.3) is 0 Å². The zero-order valence-electron chi connectivity index (χ0n) is 14.5. The van der Waals surface area contributed by atoms with Gasteiger partial charge in [-0.15, -0.1) is 0 Å². The first kappa shape index (κ1) is 16.2. The maximum absolute atomic E-state index is 12.0. The molecule has 1 aliphatic heterocycles. The summed E-state index contributed by atoms with van der Waals surface area (Å²) in [7, 11) is 0. The van der Waals surface area contributed by atoms with Crippen molar-refractivity contribution in [2.24, 2.45) is 0 Å². The Morgan fingerprint density at radius 1 is 1.08 bits per heavy atom. The van der Waals surface area contributed by atoms with Gasteiger partial charge in [-0.2, -0.15) is 0 Å². The molecule has 25 heavy (non-hydrogen) atoms. The Morgan fingerprint density at radius 3 is 2.48 bits per heavy atom. The third-order valence-corrected chi connectivity index (χ3v) is 5.07. The van der Waals surface area contributed by atoms with E-state index < -0.39 is 0 Å². The van der Waals surface area contributed by atoms with E-state index >= 15 is 0 Å². The van der Waals surface area contributed by atoms with E-state index in [0.717, 1.165) is 43.7 Å². The molecule has 1 saturated carbocycles. The highest BCUT2D eigenvalue weighted by Crippen LogP contribution is 2.28. The summed E-state index contributed by atoms with van der Waals surface area (Å²) in [6.07, 6.45) is 5.46. The van der Waals surface area contributed by atoms with Gasteiger partial charge in [-0.05, 0) is 49.2 Å². The minimum Gasteiger partial charge on any atom is -0.469 e. The van der Waals surface area contributed by atoms with Crippen molar-refractivity contribution in [3.63, 3.8) is 0 Å². The Labute approximate surface area is 148 Å². The zero-order valence-corrected chi connectivity index (χ0v) is 14.5. The fourth-order valence-electron chi connectivity index (χ4n) is 3.46. The minimum atomic E-state index is 0.0159. The summed E-state index contributed by atoms with van der Waals surface area (Å²) >= 11 is 0. The largest absolute Gasteiger partial charge is 0.469 e. The van der Waals surface area contributed by atoms with Gasteiger partial charge in [0.15, 0.2) is 0 Å². The van der Waals surface area contributed by atoms with E-state index in [1.54, 1.807) is 6.26 Å². The highest BCUT2D eigenvalue weighted by molar-refractivity contribution is 5.91. The predicted octanol–water partition coefficient (Wildman–Crippen LogP) is 3.14. The van der Waals surface area contributed by atoms with E-state index in [-0.39, 0.29) is 5.91 Å². The van der Waals surface area contributed by atoms with Gasteiger partial charge in [0, 0.05) is 56.4 Å². The molecular formula is C20H25N3O2. The van der Waals surface area contributed by atoms with Crippen LogP contribution in [-0.4, -0.2) is 43.0 Å². The molecule has 0 atom stereocenters. The van der Waals surface area contributed by atoms with Crippen LogP contribution in [0.4, 0.5) is 11.4 Å². The van der Waals surface area contributed by atoms with Crippen molar-refractivity contribution in [3.8, 4) is 0 Å². The normalized spacial score (nSPS) is 18.3. The van der Waals surface area contributed by atoms with E-state index in [1.165, 1.54) is 18.5 Å². The quantitative estimate of drug-likeness (QED) is 0.878. The van der Waals surface area contributed by atoms with Gasteiger partial charge < -0.3 is 14.6 Å². The Kier molecular flexibility index (Phi) is 4.74. The topological polar surface area (TPSA) is 48.7 Å². The molecule has 2 aliphatic rings. The molecule has 1 N–H and O–H groups in total. The standard InChI is InChI=1S/C20H25N3O2/c24-20(10-9-19-2-1-15-25-19)21-16-3-5-17(6-4-16)22-11-13-23(14-12-22)18-7-8-18/h1-6,15,18H,7-14H2,(H,21,24). The summed E-state index contributed by atoms with van der Waals surface area (Å²) in [6.45, 7) is 4.50. The number of piperazine rings is 1. The van der Waals surface area contributed by atoms with Crippen LogP contribution in [0.2, 0.25) is 0 Å². The number of carbonyl (C=O) groups excluding carboxylic acids is 1. The molecule has 5 heteroatoms.